The number of carbonyl (C=O) groups excluding carboxylic acids is 1. The minimum atomic E-state index is 0.0479. The van der Waals surface area contributed by atoms with Crippen LogP contribution >= 0.6 is 0 Å². The van der Waals surface area contributed by atoms with Crippen LogP contribution in [0.5, 0.6) is 0 Å². The number of ketones is 1. The molecule has 86 valence electrons. The van der Waals surface area contributed by atoms with Gasteiger partial charge in [0, 0.05) is 19.6 Å². The van der Waals surface area contributed by atoms with Gasteiger partial charge in [0.15, 0.2) is 5.78 Å². The molecule has 0 aromatic carbocycles. The summed E-state index contributed by atoms with van der Waals surface area (Å²) < 4.78 is 10.8. The molecule has 0 bridgehead atoms. The summed E-state index contributed by atoms with van der Waals surface area (Å²) in [5, 5.41) is 0. The number of Topliss-reactive ketones (excluding diaryl/α,β-unsaturated/α-hetero) is 1. The van der Waals surface area contributed by atoms with Crippen molar-refractivity contribution in [2.75, 3.05) is 20.3 Å². The Kier molecular flexibility index (Phi) is 3.42. The van der Waals surface area contributed by atoms with Crippen LogP contribution in [0.4, 0.5) is 0 Å². The molecule has 1 aliphatic heterocycles. The van der Waals surface area contributed by atoms with E-state index in [2.05, 4.69) is 0 Å². The van der Waals surface area contributed by atoms with Crippen molar-refractivity contribution >= 4 is 5.78 Å². The molecule has 0 N–H and O–H groups in total. The van der Waals surface area contributed by atoms with Gasteiger partial charge < -0.3 is 9.47 Å². The third kappa shape index (κ3) is 2.40. The van der Waals surface area contributed by atoms with Crippen molar-refractivity contribution in [1.29, 1.82) is 0 Å². The van der Waals surface area contributed by atoms with Crippen molar-refractivity contribution in [3.8, 4) is 0 Å². The maximum atomic E-state index is 11.8. The van der Waals surface area contributed by atoms with Gasteiger partial charge in [-0.3, -0.25) is 4.79 Å². The minimum Gasteiger partial charge on any atom is -0.377 e. The lowest BCUT2D eigenvalue weighted by atomic mass is 9.82. The van der Waals surface area contributed by atoms with E-state index in [1.54, 1.807) is 7.11 Å². The first kappa shape index (κ1) is 11.1. The van der Waals surface area contributed by atoms with Gasteiger partial charge in [-0.05, 0) is 25.7 Å². The lowest BCUT2D eigenvalue weighted by molar-refractivity contribution is -0.139. The molecule has 2 rings (SSSR count). The predicted molar refractivity (Wildman–Crippen MR) is 56.8 cm³/mol. The van der Waals surface area contributed by atoms with Crippen LogP contribution in [0.2, 0.25) is 0 Å². The third-order valence-corrected chi connectivity index (χ3v) is 3.75. The largest absolute Gasteiger partial charge is 0.377 e. The first-order chi connectivity index (χ1) is 7.26. The Hall–Kier alpha value is -0.410. The zero-order valence-electron chi connectivity index (χ0n) is 9.46. The van der Waals surface area contributed by atoms with E-state index in [0.717, 1.165) is 32.3 Å². The zero-order valence-corrected chi connectivity index (χ0v) is 9.46. The molecule has 1 saturated carbocycles. The molecule has 0 aromatic heterocycles. The fourth-order valence-electron chi connectivity index (χ4n) is 2.93. The number of rotatable bonds is 3. The standard InChI is InChI=1S/C12H20O3/c1-14-9-11(13)10-4-7-15-12(8-10)5-2-3-6-12/h10H,2-9H2,1H3. The molecule has 1 spiro atoms. The molecule has 0 aromatic rings. The number of hydrogen-bond acceptors (Lipinski definition) is 3. The van der Waals surface area contributed by atoms with Crippen LogP contribution in [-0.2, 0) is 14.3 Å². The van der Waals surface area contributed by atoms with E-state index >= 15 is 0 Å². The van der Waals surface area contributed by atoms with E-state index in [0.29, 0.717) is 0 Å². The highest BCUT2D eigenvalue weighted by molar-refractivity contribution is 5.82. The number of ether oxygens (including phenoxy) is 2. The van der Waals surface area contributed by atoms with E-state index in [9.17, 15) is 4.79 Å². The van der Waals surface area contributed by atoms with Crippen molar-refractivity contribution in [3.05, 3.63) is 0 Å². The van der Waals surface area contributed by atoms with Gasteiger partial charge in [0.2, 0.25) is 0 Å². The van der Waals surface area contributed by atoms with Crippen molar-refractivity contribution in [2.24, 2.45) is 5.92 Å². The molecule has 3 heteroatoms. The molecule has 0 amide bonds. The summed E-state index contributed by atoms with van der Waals surface area (Å²) >= 11 is 0. The Morgan fingerprint density at radius 1 is 1.47 bits per heavy atom. The van der Waals surface area contributed by atoms with Crippen molar-refractivity contribution < 1.29 is 14.3 Å². The first-order valence-corrected chi connectivity index (χ1v) is 5.91. The summed E-state index contributed by atoms with van der Waals surface area (Å²) in [6.45, 7) is 1.01. The van der Waals surface area contributed by atoms with Gasteiger partial charge >= 0.3 is 0 Å². The molecule has 1 aliphatic carbocycles. The molecule has 0 radical (unpaired) electrons. The molecule has 15 heavy (non-hydrogen) atoms. The lowest BCUT2D eigenvalue weighted by Gasteiger charge is -2.37. The summed E-state index contributed by atoms with van der Waals surface area (Å²) in [7, 11) is 1.59. The second-order valence-corrected chi connectivity index (χ2v) is 4.83. The van der Waals surface area contributed by atoms with Crippen LogP contribution in [0.3, 0.4) is 0 Å². The van der Waals surface area contributed by atoms with Crippen LogP contribution in [0, 0.1) is 5.92 Å². The third-order valence-electron chi connectivity index (χ3n) is 3.75. The topological polar surface area (TPSA) is 35.5 Å². The molecule has 2 aliphatic rings. The van der Waals surface area contributed by atoms with Gasteiger partial charge in [0.25, 0.3) is 0 Å². The number of methoxy groups -OCH3 is 1. The van der Waals surface area contributed by atoms with Crippen LogP contribution < -0.4 is 0 Å². The Bertz CT molecular complexity index is 231. The summed E-state index contributed by atoms with van der Waals surface area (Å²) in [5.41, 5.74) is 0.0479. The fraction of sp³-hybridized carbons (Fsp3) is 0.917. The van der Waals surface area contributed by atoms with Gasteiger partial charge in [-0.1, -0.05) is 12.8 Å². The molecular formula is C12H20O3. The highest BCUT2D eigenvalue weighted by Gasteiger charge is 2.41. The van der Waals surface area contributed by atoms with E-state index in [4.69, 9.17) is 9.47 Å². The molecule has 3 nitrogen and oxygen atoms in total. The Balaban J connectivity index is 1.94. The van der Waals surface area contributed by atoms with Crippen LogP contribution in [0.25, 0.3) is 0 Å². The monoisotopic (exact) mass is 212 g/mol. The second-order valence-electron chi connectivity index (χ2n) is 4.83. The molecule has 1 heterocycles. The van der Waals surface area contributed by atoms with Gasteiger partial charge in [0.1, 0.15) is 6.61 Å². The van der Waals surface area contributed by atoms with E-state index in [1.807, 2.05) is 0 Å². The first-order valence-electron chi connectivity index (χ1n) is 5.91. The summed E-state index contributed by atoms with van der Waals surface area (Å²) in [6.07, 6.45) is 6.60. The molecule has 2 fully saturated rings. The maximum Gasteiger partial charge on any atom is 0.161 e. The average Bonchev–Trinajstić information content (AvgIpc) is 2.67. The Labute approximate surface area is 91.1 Å². The van der Waals surface area contributed by atoms with E-state index < -0.39 is 0 Å². The SMILES string of the molecule is COCC(=O)C1CCOC2(CCCC2)C1. The molecule has 1 unspecified atom stereocenters. The van der Waals surface area contributed by atoms with Crippen LogP contribution in [0.15, 0.2) is 0 Å². The molecule has 1 saturated heterocycles. The summed E-state index contributed by atoms with van der Waals surface area (Å²) in [4.78, 5) is 11.8. The van der Waals surface area contributed by atoms with Crippen LogP contribution in [0.1, 0.15) is 38.5 Å². The normalized spacial score (nSPS) is 29.5. The van der Waals surface area contributed by atoms with Gasteiger partial charge in [0.05, 0.1) is 5.60 Å². The summed E-state index contributed by atoms with van der Waals surface area (Å²) in [6, 6.07) is 0. The van der Waals surface area contributed by atoms with Gasteiger partial charge in [-0.15, -0.1) is 0 Å². The Morgan fingerprint density at radius 3 is 2.87 bits per heavy atom. The second kappa shape index (κ2) is 4.62. The quantitative estimate of drug-likeness (QED) is 0.717. The summed E-state index contributed by atoms with van der Waals surface area (Å²) in [5.74, 6) is 0.434. The average molecular weight is 212 g/mol. The van der Waals surface area contributed by atoms with Gasteiger partial charge in [-0.2, -0.15) is 0 Å². The van der Waals surface area contributed by atoms with E-state index in [-0.39, 0.29) is 23.9 Å². The van der Waals surface area contributed by atoms with Crippen LogP contribution in [-0.4, -0.2) is 31.7 Å². The van der Waals surface area contributed by atoms with Crippen molar-refractivity contribution in [3.63, 3.8) is 0 Å². The van der Waals surface area contributed by atoms with Crippen molar-refractivity contribution in [2.45, 2.75) is 44.1 Å². The number of carbonyl (C=O) groups is 1. The Morgan fingerprint density at radius 2 is 2.20 bits per heavy atom. The lowest BCUT2D eigenvalue weighted by Crippen LogP contribution is -2.40. The molecule has 1 atom stereocenters. The smallest absolute Gasteiger partial charge is 0.161 e. The fourth-order valence-corrected chi connectivity index (χ4v) is 2.93. The zero-order chi connectivity index (χ0) is 10.7. The number of hydrogen-bond donors (Lipinski definition) is 0. The highest BCUT2D eigenvalue weighted by atomic mass is 16.5. The maximum absolute atomic E-state index is 11.8. The van der Waals surface area contributed by atoms with Gasteiger partial charge in [-0.25, -0.2) is 0 Å². The highest BCUT2D eigenvalue weighted by Crippen LogP contribution is 2.42. The van der Waals surface area contributed by atoms with E-state index in [1.165, 1.54) is 12.8 Å². The predicted octanol–water partition coefficient (Wildman–Crippen LogP) is 1.94. The van der Waals surface area contributed by atoms with Crippen molar-refractivity contribution in [1.82, 2.24) is 0 Å². The molecular weight excluding hydrogens is 192 g/mol. The minimum absolute atomic E-state index is 0.0479.